The first kappa shape index (κ1) is 15.3. The molecule has 2 aliphatic rings. The first-order valence-electron chi connectivity index (χ1n) is 7.52. The first-order chi connectivity index (χ1) is 9.74. The quantitative estimate of drug-likeness (QED) is 0.703. The van der Waals surface area contributed by atoms with Gasteiger partial charge in [-0.05, 0) is 25.9 Å². The van der Waals surface area contributed by atoms with Crippen molar-refractivity contribution in [1.29, 1.82) is 0 Å². The molecule has 0 bridgehead atoms. The number of aliphatic hydroxyl groups is 1. The summed E-state index contributed by atoms with van der Waals surface area (Å²) in [4.78, 5) is 18.9. The highest BCUT2D eigenvalue weighted by molar-refractivity contribution is 5.79. The molecular formula is C15H25N3O2. The molecule has 2 heterocycles. The highest BCUT2D eigenvalue weighted by Crippen LogP contribution is 2.20. The van der Waals surface area contributed by atoms with Crippen LogP contribution in [0.3, 0.4) is 0 Å². The van der Waals surface area contributed by atoms with E-state index < -0.39 is 0 Å². The molecule has 2 saturated heterocycles. The average Bonchev–Trinajstić information content (AvgIpc) is 2.49. The Kier molecular flexibility index (Phi) is 5.84. The normalized spacial score (nSPS) is 22.7. The maximum Gasteiger partial charge on any atom is 0.225 e. The standard InChI is InChI=1S/C15H25N3O2/c1-2-5-16-6-3-14(4-7-16)15(20)18-10-8-17(9-11-18)12-13-19/h1,14,19H,3-13H2. The lowest BCUT2D eigenvalue weighted by molar-refractivity contribution is -0.138. The van der Waals surface area contributed by atoms with E-state index in [9.17, 15) is 4.79 Å². The molecule has 5 nitrogen and oxygen atoms in total. The molecular weight excluding hydrogens is 254 g/mol. The van der Waals surface area contributed by atoms with Crippen LogP contribution in [0.5, 0.6) is 0 Å². The lowest BCUT2D eigenvalue weighted by atomic mass is 9.95. The van der Waals surface area contributed by atoms with Crippen LogP contribution in [0.2, 0.25) is 0 Å². The first-order valence-corrected chi connectivity index (χ1v) is 7.52. The molecule has 0 aliphatic carbocycles. The number of carbonyl (C=O) groups is 1. The van der Waals surface area contributed by atoms with Crippen LogP contribution < -0.4 is 0 Å². The molecule has 0 saturated carbocycles. The minimum absolute atomic E-state index is 0.174. The maximum atomic E-state index is 12.5. The number of terminal acetylenes is 1. The number of amides is 1. The second-order valence-corrected chi connectivity index (χ2v) is 5.65. The molecule has 2 aliphatic heterocycles. The summed E-state index contributed by atoms with van der Waals surface area (Å²) in [6.45, 7) is 6.82. The average molecular weight is 279 g/mol. The van der Waals surface area contributed by atoms with Gasteiger partial charge >= 0.3 is 0 Å². The summed E-state index contributed by atoms with van der Waals surface area (Å²) in [6.07, 6.45) is 7.17. The van der Waals surface area contributed by atoms with Crippen molar-refractivity contribution in [2.75, 3.05) is 59.0 Å². The Hall–Kier alpha value is -1.09. The largest absolute Gasteiger partial charge is 0.395 e. The fourth-order valence-corrected chi connectivity index (χ4v) is 3.06. The van der Waals surface area contributed by atoms with Gasteiger partial charge in [0.15, 0.2) is 0 Å². The number of β-amino-alcohol motifs (C(OH)–C–C–N with tert-alkyl or cyclic N) is 1. The third-order valence-corrected chi connectivity index (χ3v) is 4.35. The van der Waals surface area contributed by atoms with E-state index in [0.29, 0.717) is 19.0 Å². The van der Waals surface area contributed by atoms with Gasteiger partial charge in [0.05, 0.1) is 13.2 Å². The van der Waals surface area contributed by atoms with Gasteiger partial charge in [-0.3, -0.25) is 14.6 Å². The monoisotopic (exact) mass is 279 g/mol. The Morgan fingerprint density at radius 1 is 1.10 bits per heavy atom. The molecule has 2 rings (SSSR count). The molecule has 1 amide bonds. The van der Waals surface area contributed by atoms with E-state index >= 15 is 0 Å². The van der Waals surface area contributed by atoms with Crippen molar-refractivity contribution in [3.63, 3.8) is 0 Å². The van der Waals surface area contributed by atoms with E-state index in [0.717, 1.165) is 52.1 Å². The minimum Gasteiger partial charge on any atom is -0.395 e. The molecule has 0 aromatic rings. The molecule has 0 aromatic heterocycles. The number of hydrogen-bond donors (Lipinski definition) is 1. The Morgan fingerprint density at radius 2 is 1.75 bits per heavy atom. The van der Waals surface area contributed by atoms with E-state index in [4.69, 9.17) is 11.5 Å². The minimum atomic E-state index is 0.174. The van der Waals surface area contributed by atoms with Gasteiger partial charge in [-0.2, -0.15) is 0 Å². The van der Waals surface area contributed by atoms with Gasteiger partial charge in [-0.1, -0.05) is 5.92 Å². The second-order valence-electron chi connectivity index (χ2n) is 5.65. The van der Waals surface area contributed by atoms with Crippen molar-refractivity contribution in [2.24, 2.45) is 5.92 Å². The van der Waals surface area contributed by atoms with Crippen LogP contribution >= 0.6 is 0 Å². The summed E-state index contributed by atoms with van der Waals surface area (Å²) >= 11 is 0. The van der Waals surface area contributed by atoms with E-state index in [1.807, 2.05) is 4.90 Å². The van der Waals surface area contributed by atoms with Crippen molar-refractivity contribution >= 4 is 5.91 Å². The van der Waals surface area contributed by atoms with Crippen LogP contribution in [0, 0.1) is 18.3 Å². The fourth-order valence-electron chi connectivity index (χ4n) is 3.06. The highest BCUT2D eigenvalue weighted by atomic mass is 16.3. The number of piperidine rings is 1. The molecule has 1 N–H and O–H groups in total. The van der Waals surface area contributed by atoms with Crippen LogP contribution in [-0.4, -0.2) is 84.7 Å². The number of likely N-dealkylation sites (tertiary alicyclic amines) is 1. The van der Waals surface area contributed by atoms with Gasteiger partial charge in [0.1, 0.15) is 0 Å². The molecule has 112 valence electrons. The molecule has 0 atom stereocenters. The number of aliphatic hydroxyl groups excluding tert-OH is 1. The smallest absolute Gasteiger partial charge is 0.225 e. The van der Waals surface area contributed by atoms with E-state index in [-0.39, 0.29) is 12.5 Å². The zero-order chi connectivity index (χ0) is 14.4. The summed E-state index contributed by atoms with van der Waals surface area (Å²) in [7, 11) is 0. The van der Waals surface area contributed by atoms with Gasteiger partial charge in [0, 0.05) is 38.6 Å². The maximum absolute atomic E-state index is 12.5. The van der Waals surface area contributed by atoms with Crippen molar-refractivity contribution in [2.45, 2.75) is 12.8 Å². The van der Waals surface area contributed by atoms with E-state index in [2.05, 4.69) is 15.7 Å². The van der Waals surface area contributed by atoms with Crippen LogP contribution in [0.15, 0.2) is 0 Å². The predicted octanol–water partition coefficient (Wildman–Crippen LogP) is -0.532. The van der Waals surface area contributed by atoms with Crippen molar-refractivity contribution < 1.29 is 9.90 Å². The number of rotatable bonds is 4. The molecule has 20 heavy (non-hydrogen) atoms. The molecule has 0 spiro atoms. The third kappa shape index (κ3) is 3.95. The van der Waals surface area contributed by atoms with Crippen LogP contribution in [0.4, 0.5) is 0 Å². The van der Waals surface area contributed by atoms with Crippen molar-refractivity contribution in [1.82, 2.24) is 14.7 Å². The molecule has 0 radical (unpaired) electrons. The van der Waals surface area contributed by atoms with Crippen molar-refractivity contribution in [3.05, 3.63) is 0 Å². The van der Waals surface area contributed by atoms with Gasteiger partial charge in [-0.25, -0.2) is 0 Å². The molecule has 0 unspecified atom stereocenters. The van der Waals surface area contributed by atoms with Crippen LogP contribution in [0.1, 0.15) is 12.8 Å². The fraction of sp³-hybridized carbons (Fsp3) is 0.800. The number of nitrogens with zero attached hydrogens (tertiary/aromatic N) is 3. The zero-order valence-corrected chi connectivity index (χ0v) is 12.1. The van der Waals surface area contributed by atoms with E-state index in [1.54, 1.807) is 0 Å². The summed E-state index contributed by atoms with van der Waals surface area (Å²) in [6, 6.07) is 0. The lowest BCUT2D eigenvalue weighted by Crippen LogP contribution is -2.52. The summed E-state index contributed by atoms with van der Waals surface area (Å²) < 4.78 is 0. The SMILES string of the molecule is C#CCN1CCC(C(=O)N2CCN(CCO)CC2)CC1. The number of hydrogen-bond acceptors (Lipinski definition) is 4. The molecule has 5 heteroatoms. The topological polar surface area (TPSA) is 47.0 Å². The van der Waals surface area contributed by atoms with Gasteiger partial charge in [0.25, 0.3) is 0 Å². The Balaban J connectivity index is 1.74. The third-order valence-electron chi connectivity index (χ3n) is 4.35. The predicted molar refractivity (Wildman–Crippen MR) is 78.1 cm³/mol. The molecule has 0 aromatic carbocycles. The number of piperazine rings is 1. The van der Waals surface area contributed by atoms with Gasteiger partial charge in [-0.15, -0.1) is 6.42 Å². The number of carbonyl (C=O) groups excluding carboxylic acids is 1. The van der Waals surface area contributed by atoms with Crippen molar-refractivity contribution in [3.8, 4) is 12.3 Å². The van der Waals surface area contributed by atoms with Gasteiger partial charge in [0.2, 0.25) is 5.91 Å². The zero-order valence-electron chi connectivity index (χ0n) is 12.1. The second kappa shape index (κ2) is 7.63. The molecule has 2 fully saturated rings. The van der Waals surface area contributed by atoms with Gasteiger partial charge < -0.3 is 10.0 Å². The Labute approximate surface area is 121 Å². The summed E-state index contributed by atoms with van der Waals surface area (Å²) in [5.41, 5.74) is 0. The Morgan fingerprint density at radius 3 is 2.30 bits per heavy atom. The van der Waals surface area contributed by atoms with Crippen LogP contribution in [-0.2, 0) is 4.79 Å². The highest BCUT2D eigenvalue weighted by Gasteiger charge is 2.29. The van der Waals surface area contributed by atoms with E-state index in [1.165, 1.54) is 0 Å². The summed E-state index contributed by atoms with van der Waals surface area (Å²) in [5.74, 6) is 3.15. The lowest BCUT2D eigenvalue weighted by Gasteiger charge is -2.38. The van der Waals surface area contributed by atoms with Crippen LogP contribution in [0.25, 0.3) is 0 Å². The summed E-state index contributed by atoms with van der Waals surface area (Å²) in [5, 5.41) is 8.93. The Bertz CT molecular complexity index is 351.